The van der Waals surface area contributed by atoms with Crippen LogP contribution in [0.2, 0.25) is 0 Å². The van der Waals surface area contributed by atoms with Gasteiger partial charge in [-0.3, -0.25) is 4.98 Å². The first-order valence-electron chi connectivity index (χ1n) is 15.2. The Labute approximate surface area is 253 Å². The van der Waals surface area contributed by atoms with Gasteiger partial charge >= 0.3 is 0 Å². The second kappa shape index (κ2) is 9.57. The molecule has 0 spiro atoms. The number of nitrogens with zero attached hydrogens (tertiary/aromatic N) is 4. The molecule has 0 unspecified atom stereocenters. The maximum Gasteiger partial charge on any atom is 0.163 e. The van der Waals surface area contributed by atoms with Crippen molar-refractivity contribution in [2.45, 2.75) is 72.6 Å². The molecule has 5 heteroatoms. The number of fused-ring (bicyclic) bond motifs is 5. The fraction of sp³-hybridized carbons (Fsp3) is 0.316. The molecule has 1 aliphatic heterocycles. The zero-order chi connectivity index (χ0) is 30.3. The first kappa shape index (κ1) is 27.5. The summed E-state index contributed by atoms with van der Waals surface area (Å²) in [5.74, 6) is 4.60. The van der Waals surface area contributed by atoms with E-state index in [1.807, 2.05) is 6.20 Å². The van der Waals surface area contributed by atoms with E-state index in [0.717, 1.165) is 67.9 Å². The van der Waals surface area contributed by atoms with Gasteiger partial charge in [-0.2, -0.15) is 0 Å². The number of hydrogen-bond acceptors (Lipinski definition) is 5. The van der Waals surface area contributed by atoms with Crippen LogP contribution in [0.15, 0.2) is 66.9 Å². The van der Waals surface area contributed by atoms with Crippen molar-refractivity contribution in [2.24, 2.45) is 5.92 Å². The molecule has 0 amide bonds. The van der Waals surface area contributed by atoms with Crippen molar-refractivity contribution in [1.29, 1.82) is 0 Å². The van der Waals surface area contributed by atoms with Gasteiger partial charge in [-0.25, -0.2) is 15.0 Å². The molecule has 1 aliphatic rings. The Balaban J connectivity index is 1.47. The predicted molar refractivity (Wildman–Crippen MR) is 177 cm³/mol. The third-order valence-corrected chi connectivity index (χ3v) is 8.25. The van der Waals surface area contributed by atoms with Gasteiger partial charge < -0.3 is 4.74 Å². The molecule has 3 heterocycles. The van der Waals surface area contributed by atoms with Crippen molar-refractivity contribution in [2.75, 3.05) is 0 Å². The SMILES string of the molecule is CC(C)Cc1c2c(cc3ccccc13)-c1nccc3c1c(cc1ccc(-c4nc(C(C)(C)C)nc(C(C)(C)C)n4)cc13)O2. The Morgan fingerprint density at radius 1 is 0.721 bits per heavy atom. The topological polar surface area (TPSA) is 60.8 Å². The molecular formula is C38H38N4O. The van der Waals surface area contributed by atoms with Gasteiger partial charge in [-0.05, 0) is 63.5 Å². The smallest absolute Gasteiger partial charge is 0.163 e. The maximum absolute atomic E-state index is 6.85. The van der Waals surface area contributed by atoms with Gasteiger partial charge in [0.1, 0.15) is 23.1 Å². The fourth-order valence-corrected chi connectivity index (χ4v) is 6.08. The van der Waals surface area contributed by atoms with E-state index < -0.39 is 0 Å². The molecule has 216 valence electrons. The van der Waals surface area contributed by atoms with E-state index in [2.05, 4.69) is 116 Å². The Morgan fingerprint density at radius 3 is 2.12 bits per heavy atom. The van der Waals surface area contributed by atoms with Crippen LogP contribution in [0.5, 0.6) is 11.5 Å². The number of rotatable bonds is 3. The molecule has 2 aromatic heterocycles. The molecule has 0 saturated carbocycles. The lowest BCUT2D eigenvalue weighted by Crippen LogP contribution is -2.24. The summed E-state index contributed by atoms with van der Waals surface area (Å²) in [6.07, 6.45) is 2.86. The van der Waals surface area contributed by atoms with Crippen LogP contribution in [0, 0.1) is 5.92 Å². The Kier molecular flexibility index (Phi) is 6.11. The van der Waals surface area contributed by atoms with E-state index in [1.54, 1.807) is 0 Å². The first-order valence-corrected chi connectivity index (χ1v) is 15.2. The molecule has 0 bridgehead atoms. The Hall–Kier alpha value is -4.38. The van der Waals surface area contributed by atoms with Crippen LogP contribution in [0.4, 0.5) is 0 Å². The second-order valence-corrected chi connectivity index (χ2v) is 14.4. The normalized spacial score (nSPS) is 13.1. The third kappa shape index (κ3) is 4.62. The lowest BCUT2D eigenvalue weighted by atomic mass is 9.89. The second-order valence-electron chi connectivity index (χ2n) is 14.4. The number of aromatic nitrogens is 4. The monoisotopic (exact) mass is 566 g/mol. The van der Waals surface area contributed by atoms with E-state index in [1.165, 1.54) is 16.3 Å². The van der Waals surface area contributed by atoms with E-state index in [9.17, 15) is 0 Å². The van der Waals surface area contributed by atoms with Gasteiger partial charge in [-0.1, -0.05) is 91.8 Å². The summed E-state index contributed by atoms with van der Waals surface area (Å²) in [7, 11) is 0. The van der Waals surface area contributed by atoms with Crippen LogP contribution in [-0.2, 0) is 17.3 Å². The quantitative estimate of drug-likeness (QED) is 0.199. The number of pyridine rings is 1. The van der Waals surface area contributed by atoms with Crippen LogP contribution >= 0.6 is 0 Å². The number of ether oxygens (including phenoxy) is 1. The van der Waals surface area contributed by atoms with Crippen molar-refractivity contribution >= 4 is 32.3 Å². The Bertz CT molecular complexity index is 2050. The van der Waals surface area contributed by atoms with E-state index in [4.69, 9.17) is 24.7 Å². The van der Waals surface area contributed by atoms with Gasteiger partial charge in [-0.15, -0.1) is 0 Å². The zero-order valence-corrected chi connectivity index (χ0v) is 26.3. The molecule has 7 rings (SSSR count). The van der Waals surface area contributed by atoms with E-state index in [0.29, 0.717) is 11.7 Å². The summed E-state index contributed by atoms with van der Waals surface area (Å²) >= 11 is 0. The van der Waals surface area contributed by atoms with Crippen LogP contribution in [0.3, 0.4) is 0 Å². The third-order valence-electron chi connectivity index (χ3n) is 8.25. The summed E-state index contributed by atoms with van der Waals surface area (Å²) in [5.41, 5.74) is 3.87. The summed E-state index contributed by atoms with van der Waals surface area (Å²) in [5, 5.41) is 6.86. The molecule has 4 aromatic carbocycles. The fourth-order valence-electron chi connectivity index (χ4n) is 6.08. The summed E-state index contributed by atoms with van der Waals surface area (Å²) in [4.78, 5) is 19.8. The van der Waals surface area contributed by atoms with Gasteiger partial charge in [0.05, 0.1) is 11.1 Å². The molecular weight excluding hydrogens is 528 g/mol. The van der Waals surface area contributed by atoms with Crippen LogP contribution in [0.25, 0.3) is 55.0 Å². The predicted octanol–water partition coefficient (Wildman–Crippen LogP) is 9.96. The molecule has 0 N–H and O–H groups in total. The van der Waals surface area contributed by atoms with Crippen molar-refractivity contribution in [3.63, 3.8) is 0 Å². The number of hydrogen-bond donors (Lipinski definition) is 0. The average molecular weight is 567 g/mol. The molecule has 0 aliphatic carbocycles. The summed E-state index contributed by atoms with van der Waals surface area (Å²) < 4.78 is 6.85. The van der Waals surface area contributed by atoms with Gasteiger partial charge in [0.2, 0.25) is 0 Å². The molecule has 43 heavy (non-hydrogen) atoms. The summed E-state index contributed by atoms with van der Waals surface area (Å²) in [6.45, 7) is 17.4. The van der Waals surface area contributed by atoms with Crippen molar-refractivity contribution in [3.8, 4) is 34.1 Å². The highest BCUT2D eigenvalue weighted by atomic mass is 16.5. The van der Waals surface area contributed by atoms with E-state index in [-0.39, 0.29) is 10.8 Å². The minimum Gasteiger partial charge on any atom is -0.456 e. The maximum atomic E-state index is 6.85. The minimum atomic E-state index is -0.197. The molecule has 0 atom stereocenters. The molecule has 0 fully saturated rings. The molecule has 0 saturated heterocycles. The highest BCUT2D eigenvalue weighted by Gasteiger charge is 2.28. The lowest BCUT2D eigenvalue weighted by molar-refractivity contribution is 0.476. The van der Waals surface area contributed by atoms with Crippen LogP contribution in [-0.4, -0.2) is 19.9 Å². The Morgan fingerprint density at radius 2 is 1.42 bits per heavy atom. The van der Waals surface area contributed by atoms with Crippen LogP contribution < -0.4 is 4.74 Å². The standard InChI is InChI=1S/C38H38N4O/c1-21(2)17-28-25-12-10-9-11-22(25)18-29-32-31-26(15-16-39-32)27-19-24(14-13-23(27)20-30(31)43-33(28)29)34-40-35(37(3,4)5)42-36(41-34)38(6,7)8/h9-16,18-21H,17H2,1-8H3. The van der Waals surface area contributed by atoms with Crippen molar-refractivity contribution < 1.29 is 4.74 Å². The highest BCUT2D eigenvalue weighted by Crippen LogP contribution is 2.51. The minimum absolute atomic E-state index is 0.197. The van der Waals surface area contributed by atoms with Gasteiger partial charge in [0.15, 0.2) is 5.82 Å². The highest BCUT2D eigenvalue weighted by molar-refractivity contribution is 6.17. The molecule has 0 radical (unpaired) electrons. The first-order chi connectivity index (χ1) is 20.4. The van der Waals surface area contributed by atoms with Gasteiger partial charge in [0.25, 0.3) is 0 Å². The lowest BCUT2D eigenvalue weighted by Gasteiger charge is -2.25. The van der Waals surface area contributed by atoms with Crippen molar-refractivity contribution in [1.82, 2.24) is 19.9 Å². The largest absolute Gasteiger partial charge is 0.456 e. The van der Waals surface area contributed by atoms with Crippen molar-refractivity contribution in [3.05, 3.63) is 84.1 Å². The van der Waals surface area contributed by atoms with E-state index >= 15 is 0 Å². The van der Waals surface area contributed by atoms with Gasteiger partial charge in [0, 0.05) is 33.7 Å². The summed E-state index contributed by atoms with van der Waals surface area (Å²) in [6, 6.07) is 21.6. The van der Waals surface area contributed by atoms with Crippen LogP contribution in [0.1, 0.15) is 72.6 Å². The molecule has 6 aromatic rings. The average Bonchev–Trinajstić information content (AvgIpc) is 2.96. The zero-order valence-electron chi connectivity index (χ0n) is 26.3. The number of benzene rings is 4. The molecule has 5 nitrogen and oxygen atoms in total.